The van der Waals surface area contributed by atoms with Gasteiger partial charge in [0.2, 0.25) is 5.91 Å². The van der Waals surface area contributed by atoms with Gasteiger partial charge in [-0.3, -0.25) is 30.2 Å². The van der Waals surface area contributed by atoms with Gasteiger partial charge in [0.15, 0.2) is 5.69 Å². The number of amides is 2. The van der Waals surface area contributed by atoms with Crippen molar-refractivity contribution in [2.45, 2.75) is 26.3 Å². The minimum atomic E-state index is -0.592. The lowest BCUT2D eigenvalue weighted by Crippen LogP contribution is -2.43. The zero-order valence-corrected chi connectivity index (χ0v) is 17.0. The fourth-order valence-corrected chi connectivity index (χ4v) is 3.48. The average Bonchev–Trinajstić information content (AvgIpc) is 2.80. The highest BCUT2D eigenvalue weighted by Gasteiger charge is 2.17. The minimum Gasteiger partial charge on any atom is -0.273 e. The van der Waals surface area contributed by atoms with Crippen molar-refractivity contribution in [3.8, 4) is 0 Å². The van der Waals surface area contributed by atoms with E-state index in [2.05, 4.69) is 20.9 Å². The molecule has 0 unspecified atom stereocenters. The zero-order chi connectivity index (χ0) is 21.8. The van der Waals surface area contributed by atoms with Gasteiger partial charge < -0.3 is 0 Å². The van der Waals surface area contributed by atoms with E-state index in [1.54, 1.807) is 30.5 Å². The summed E-state index contributed by atoms with van der Waals surface area (Å²) in [7, 11) is 0. The van der Waals surface area contributed by atoms with E-state index in [9.17, 15) is 14.4 Å². The third-order valence-corrected chi connectivity index (χ3v) is 4.90. The first kappa shape index (κ1) is 20.2. The highest BCUT2D eigenvalue weighted by Crippen LogP contribution is 2.16. The molecule has 8 heteroatoms. The molecule has 4 rings (SSSR count). The Labute approximate surface area is 177 Å². The number of nitrogens with zero attached hydrogens (tertiary/aromatic N) is 3. The molecule has 0 aliphatic rings. The van der Waals surface area contributed by atoms with Crippen LogP contribution in [0.3, 0.4) is 0 Å². The molecule has 0 fully saturated rings. The first-order valence-electron chi connectivity index (χ1n) is 10.00. The lowest BCUT2D eigenvalue weighted by atomic mass is 10.1. The first-order chi connectivity index (χ1) is 15.1. The standard InChI is InChI=1S/C23H21N5O3/c1-2-13-28-23(31)18-11-4-3-10-17(18)21(27-28)22(30)26-25-19(29)14-16-8-5-7-15-9-6-12-24-20(15)16/h3-12H,2,13-14H2,1H3,(H,25,29)(H,26,30). The summed E-state index contributed by atoms with van der Waals surface area (Å²) in [5.74, 6) is -0.983. The molecule has 2 amide bonds. The molecule has 0 spiro atoms. The lowest BCUT2D eigenvalue weighted by molar-refractivity contribution is -0.121. The van der Waals surface area contributed by atoms with E-state index in [0.717, 1.165) is 16.5 Å². The number of pyridine rings is 1. The third-order valence-electron chi connectivity index (χ3n) is 4.90. The van der Waals surface area contributed by atoms with E-state index in [-0.39, 0.29) is 17.7 Å². The molecule has 0 radical (unpaired) electrons. The van der Waals surface area contributed by atoms with Crippen LogP contribution in [0.5, 0.6) is 0 Å². The Balaban J connectivity index is 1.53. The maximum atomic E-state index is 12.8. The largest absolute Gasteiger partial charge is 0.290 e. The highest BCUT2D eigenvalue weighted by molar-refractivity contribution is 6.05. The molecule has 31 heavy (non-hydrogen) atoms. The zero-order valence-electron chi connectivity index (χ0n) is 17.0. The van der Waals surface area contributed by atoms with Crippen molar-refractivity contribution in [3.05, 3.63) is 82.4 Å². The Morgan fingerprint density at radius 3 is 2.55 bits per heavy atom. The van der Waals surface area contributed by atoms with Gasteiger partial charge >= 0.3 is 0 Å². The topological polar surface area (TPSA) is 106 Å². The molecule has 0 saturated heterocycles. The van der Waals surface area contributed by atoms with Crippen LogP contribution in [0.2, 0.25) is 0 Å². The third kappa shape index (κ3) is 4.13. The van der Waals surface area contributed by atoms with Crippen LogP contribution in [0.4, 0.5) is 0 Å². The number of hydrogen-bond acceptors (Lipinski definition) is 5. The number of rotatable bonds is 5. The van der Waals surface area contributed by atoms with Crippen LogP contribution in [-0.4, -0.2) is 26.6 Å². The summed E-state index contributed by atoms with van der Waals surface area (Å²) in [6, 6.07) is 16.2. The molecule has 156 valence electrons. The average molecular weight is 415 g/mol. The quantitative estimate of drug-likeness (QED) is 0.487. The Morgan fingerprint density at radius 2 is 1.74 bits per heavy atom. The van der Waals surface area contributed by atoms with E-state index in [4.69, 9.17) is 0 Å². The molecule has 4 aromatic rings. The van der Waals surface area contributed by atoms with Gasteiger partial charge in [0.1, 0.15) is 0 Å². The molecular formula is C23H21N5O3. The molecule has 2 aromatic heterocycles. The fraction of sp³-hybridized carbons (Fsp3) is 0.174. The molecule has 2 aromatic carbocycles. The number of hydrazine groups is 1. The molecule has 0 atom stereocenters. The summed E-state index contributed by atoms with van der Waals surface area (Å²) in [5, 5.41) is 6.00. The smallest absolute Gasteiger partial charge is 0.273 e. The van der Waals surface area contributed by atoms with Crippen LogP contribution in [0.25, 0.3) is 21.7 Å². The minimum absolute atomic E-state index is 0.0537. The number of aromatic nitrogens is 3. The van der Waals surface area contributed by atoms with Crippen LogP contribution in [0, 0.1) is 0 Å². The SMILES string of the molecule is CCCn1nc(C(=O)NNC(=O)Cc2cccc3cccnc23)c2ccccc2c1=O. The predicted molar refractivity (Wildman–Crippen MR) is 117 cm³/mol. The van der Waals surface area contributed by atoms with Crippen LogP contribution in [0.15, 0.2) is 65.6 Å². The normalized spacial score (nSPS) is 10.9. The molecule has 2 N–H and O–H groups in total. The summed E-state index contributed by atoms with van der Waals surface area (Å²) in [4.78, 5) is 42.1. The van der Waals surface area contributed by atoms with Crippen molar-refractivity contribution in [1.29, 1.82) is 0 Å². The predicted octanol–water partition coefficient (Wildman–Crippen LogP) is 2.36. The molecule has 0 bridgehead atoms. The first-order valence-corrected chi connectivity index (χ1v) is 10.00. The van der Waals surface area contributed by atoms with Crippen LogP contribution < -0.4 is 16.4 Å². The van der Waals surface area contributed by atoms with Gasteiger partial charge in [0.25, 0.3) is 11.5 Å². The summed E-state index contributed by atoms with van der Waals surface area (Å²) in [6.45, 7) is 2.32. The molecule has 0 aliphatic heterocycles. The van der Waals surface area contributed by atoms with Crippen molar-refractivity contribution < 1.29 is 9.59 Å². The number of carbonyl (C=O) groups is 2. The van der Waals surface area contributed by atoms with E-state index in [1.165, 1.54) is 4.68 Å². The number of para-hydroxylation sites is 1. The fourth-order valence-electron chi connectivity index (χ4n) is 3.48. The van der Waals surface area contributed by atoms with Gasteiger partial charge in [-0.2, -0.15) is 5.10 Å². The molecule has 0 saturated carbocycles. The number of hydrogen-bond donors (Lipinski definition) is 2. The second kappa shape index (κ2) is 8.74. The second-order valence-corrected chi connectivity index (χ2v) is 7.09. The maximum Gasteiger partial charge on any atom is 0.290 e. The number of fused-ring (bicyclic) bond motifs is 2. The van der Waals surface area contributed by atoms with E-state index in [0.29, 0.717) is 23.7 Å². The monoisotopic (exact) mass is 415 g/mol. The highest BCUT2D eigenvalue weighted by atomic mass is 16.2. The van der Waals surface area contributed by atoms with Gasteiger partial charge in [0, 0.05) is 23.5 Å². The van der Waals surface area contributed by atoms with Crippen LogP contribution in [0.1, 0.15) is 29.4 Å². The maximum absolute atomic E-state index is 12.8. The number of carbonyl (C=O) groups excluding carboxylic acids is 2. The van der Waals surface area contributed by atoms with Crippen molar-refractivity contribution in [1.82, 2.24) is 25.6 Å². The molecule has 8 nitrogen and oxygen atoms in total. The Morgan fingerprint density at radius 1 is 0.968 bits per heavy atom. The number of aryl methyl sites for hydroxylation is 1. The van der Waals surface area contributed by atoms with Gasteiger partial charge in [-0.1, -0.05) is 49.4 Å². The molecule has 2 heterocycles. The van der Waals surface area contributed by atoms with Crippen molar-refractivity contribution in [3.63, 3.8) is 0 Å². The Kier molecular flexibility index (Phi) is 5.70. The summed E-state index contributed by atoms with van der Waals surface area (Å²) >= 11 is 0. The summed E-state index contributed by atoms with van der Waals surface area (Å²) in [5.41, 5.74) is 6.17. The van der Waals surface area contributed by atoms with E-state index < -0.39 is 11.8 Å². The molecule has 0 aliphatic carbocycles. The Hall–Kier alpha value is -4.07. The van der Waals surface area contributed by atoms with Crippen molar-refractivity contribution in [2.24, 2.45) is 0 Å². The van der Waals surface area contributed by atoms with E-state index in [1.807, 2.05) is 37.3 Å². The van der Waals surface area contributed by atoms with Crippen LogP contribution >= 0.6 is 0 Å². The van der Waals surface area contributed by atoms with Crippen molar-refractivity contribution in [2.75, 3.05) is 0 Å². The lowest BCUT2D eigenvalue weighted by Gasteiger charge is -2.12. The second-order valence-electron chi connectivity index (χ2n) is 7.09. The summed E-state index contributed by atoms with van der Waals surface area (Å²) < 4.78 is 1.28. The van der Waals surface area contributed by atoms with E-state index >= 15 is 0 Å². The Bertz CT molecular complexity index is 1340. The summed E-state index contributed by atoms with van der Waals surface area (Å²) in [6.07, 6.45) is 2.42. The van der Waals surface area contributed by atoms with Gasteiger partial charge in [0.05, 0.1) is 17.3 Å². The number of nitrogens with one attached hydrogen (secondary N) is 2. The van der Waals surface area contributed by atoms with Crippen molar-refractivity contribution >= 4 is 33.5 Å². The molecular weight excluding hydrogens is 394 g/mol. The van der Waals surface area contributed by atoms with Crippen LogP contribution in [-0.2, 0) is 17.8 Å². The van der Waals surface area contributed by atoms with Gasteiger partial charge in [-0.15, -0.1) is 0 Å². The van der Waals surface area contributed by atoms with Gasteiger partial charge in [-0.25, -0.2) is 4.68 Å². The van der Waals surface area contributed by atoms with Gasteiger partial charge in [-0.05, 0) is 24.1 Å². The number of benzene rings is 2.